The third kappa shape index (κ3) is 13.4. The minimum Gasteiger partial charge on any atom is -1.00 e. The van der Waals surface area contributed by atoms with Crippen LogP contribution in [0.5, 0.6) is 0 Å². The molecule has 0 aliphatic heterocycles. The van der Waals surface area contributed by atoms with E-state index in [1.54, 1.807) is 0 Å². The lowest BCUT2D eigenvalue weighted by atomic mass is 10.2. The molecule has 1 N–H and O–H groups in total. The fraction of sp³-hybridized carbons (Fsp3) is 0.833. The highest BCUT2D eigenvalue weighted by Crippen LogP contribution is 2.63. The molecule has 0 atom stereocenters. The van der Waals surface area contributed by atoms with Crippen LogP contribution in [0.1, 0.15) is 98.1 Å². The number of aromatic nitrogens is 1. The van der Waals surface area contributed by atoms with E-state index in [0.29, 0.717) is 6.54 Å². The number of carbonyl (C=O) groups excluding carboxylic acids is 1. The van der Waals surface area contributed by atoms with Crippen LogP contribution in [-0.4, -0.2) is 41.7 Å². The van der Waals surface area contributed by atoms with Gasteiger partial charge in [-0.05, 0) is 46.5 Å². The van der Waals surface area contributed by atoms with Gasteiger partial charge in [-0.15, -0.1) is 0 Å². The molecule has 0 unspecified atom stereocenters. The SMILES string of the molecule is CCCC[P+](CCCC)(CCCC)Cc1coc(CCCNC(=O)OC(C)(C)C)n1.[Cl-]. The molecule has 182 valence electrons. The standard InChI is InChI=1S/C24H45N2O3P.ClH/c1-7-10-16-30(17-11-8-2,18-12-9-3)20-21-19-28-22(26-21)14-13-15-25-23(27)29-24(4,5)6;/h19H,7-18,20H2,1-6H3;1H. The van der Waals surface area contributed by atoms with Gasteiger partial charge in [0.05, 0.1) is 18.5 Å². The number of carbonyl (C=O) groups is 1. The molecule has 1 amide bonds. The summed E-state index contributed by atoms with van der Waals surface area (Å²) in [6.07, 6.45) is 16.2. The van der Waals surface area contributed by atoms with Crippen molar-refractivity contribution in [3.63, 3.8) is 0 Å². The van der Waals surface area contributed by atoms with E-state index in [9.17, 15) is 4.79 Å². The Bertz CT molecular complexity index is 580. The quantitative estimate of drug-likeness (QED) is 0.306. The fourth-order valence-electron chi connectivity index (χ4n) is 3.68. The number of nitrogens with one attached hydrogen (secondary N) is 1. The van der Waals surface area contributed by atoms with Gasteiger partial charge in [-0.3, -0.25) is 0 Å². The first kappa shape index (κ1) is 30.2. The summed E-state index contributed by atoms with van der Waals surface area (Å²) in [6, 6.07) is 0. The normalized spacial score (nSPS) is 11.8. The predicted molar refractivity (Wildman–Crippen MR) is 129 cm³/mol. The largest absolute Gasteiger partial charge is 1.00 e. The lowest BCUT2D eigenvalue weighted by molar-refractivity contribution is -0.0000291. The van der Waals surface area contributed by atoms with Gasteiger partial charge < -0.3 is 26.9 Å². The van der Waals surface area contributed by atoms with Gasteiger partial charge in [-0.25, -0.2) is 9.78 Å². The van der Waals surface area contributed by atoms with Gasteiger partial charge in [0.2, 0.25) is 0 Å². The molecule has 0 saturated heterocycles. The lowest BCUT2D eigenvalue weighted by Gasteiger charge is -2.27. The Hall–Kier alpha value is -0.800. The number of unbranched alkanes of at least 4 members (excludes halogenated alkanes) is 3. The molecule has 0 spiro atoms. The van der Waals surface area contributed by atoms with E-state index in [-0.39, 0.29) is 18.5 Å². The first-order chi connectivity index (χ1) is 14.2. The number of rotatable bonds is 15. The summed E-state index contributed by atoms with van der Waals surface area (Å²) >= 11 is 0. The zero-order valence-electron chi connectivity index (χ0n) is 20.8. The zero-order valence-corrected chi connectivity index (χ0v) is 22.4. The minimum atomic E-state index is -1.02. The maximum Gasteiger partial charge on any atom is 0.407 e. The van der Waals surface area contributed by atoms with E-state index >= 15 is 0 Å². The van der Waals surface area contributed by atoms with E-state index in [4.69, 9.17) is 14.1 Å². The Morgan fingerprint density at radius 3 is 2.06 bits per heavy atom. The lowest BCUT2D eigenvalue weighted by Crippen LogP contribution is -3.00. The molecule has 0 fully saturated rings. The summed E-state index contributed by atoms with van der Waals surface area (Å²) < 4.78 is 11.0. The Labute approximate surface area is 197 Å². The van der Waals surface area contributed by atoms with Gasteiger partial charge in [-0.1, -0.05) is 40.0 Å². The van der Waals surface area contributed by atoms with Gasteiger partial charge in [0.1, 0.15) is 23.7 Å². The van der Waals surface area contributed by atoms with Crippen molar-refractivity contribution in [2.45, 2.75) is 105 Å². The number of nitrogens with zero attached hydrogens (tertiary/aromatic N) is 1. The van der Waals surface area contributed by atoms with Gasteiger partial charge in [-0.2, -0.15) is 0 Å². The molecule has 1 aromatic heterocycles. The average Bonchev–Trinajstić information content (AvgIpc) is 3.12. The van der Waals surface area contributed by atoms with E-state index in [2.05, 4.69) is 26.1 Å². The fourth-order valence-corrected chi connectivity index (χ4v) is 8.62. The number of hydrogen-bond donors (Lipinski definition) is 1. The maximum absolute atomic E-state index is 11.7. The van der Waals surface area contributed by atoms with Gasteiger partial charge in [0.25, 0.3) is 0 Å². The topological polar surface area (TPSA) is 64.4 Å². The van der Waals surface area contributed by atoms with E-state index in [1.165, 1.54) is 57.0 Å². The second-order valence-electron chi connectivity index (χ2n) is 9.50. The van der Waals surface area contributed by atoms with Crippen molar-refractivity contribution in [1.29, 1.82) is 0 Å². The van der Waals surface area contributed by atoms with Gasteiger partial charge >= 0.3 is 6.09 Å². The van der Waals surface area contributed by atoms with E-state index < -0.39 is 12.9 Å². The molecule has 0 aromatic carbocycles. The number of amides is 1. The van der Waals surface area contributed by atoms with Crippen molar-refractivity contribution in [1.82, 2.24) is 10.3 Å². The first-order valence-corrected chi connectivity index (χ1v) is 14.5. The molecule has 0 radical (unpaired) electrons. The number of oxazole rings is 1. The molecule has 0 aliphatic carbocycles. The summed E-state index contributed by atoms with van der Waals surface area (Å²) in [7, 11) is -1.02. The van der Waals surface area contributed by atoms with Crippen molar-refractivity contribution >= 4 is 13.4 Å². The maximum atomic E-state index is 11.7. The van der Waals surface area contributed by atoms with Crippen LogP contribution in [0.2, 0.25) is 0 Å². The molecule has 1 heterocycles. The number of hydrogen-bond acceptors (Lipinski definition) is 4. The van der Waals surface area contributed by atoms with E-state index in [0.717, 1.165) is 30.6 Å². The highest BCUT2D eigenvalue weighted by molar-refractivity contribution is 7.75. The zero-order chi connectivity index (χ0) is 22.5. The van der Waals surface area contributed by atoms with Crippen molar-refractivity contribution in [2.24, 2.45) is 0 Å². The van der Waals surface area contributed by atoms with Crippen LogP contribution in [0, 0.1) is 0 Å². The second kappa shape index (κ2) is 15.9. The van der Waals surface area contributed by atoms with Crippen molar-refractivity contribution < 1.29 is 26.4 Å². The number of alkyl carbamates (subject to hydrolysis) is 1. The molecule has 31 heavy (non-hydrogen) atoms. The Morgan fingerprint density at radius 2 is 1.58 bits per heavy atom. The molecular formula is C24H46ClN2O3P. The number of aryl methyl sites for hydroxylation is 1. The molecule has 0 aliphatic rings. The highest BCUT2D eigenvalue weighted by Gasteiger charge is 2.36. The Morgan fingerprint density at radius 1 is 1.03 bits per heavy atom. The number of halogens is 1. The molecular weight excluding hydrogens is 431 g/mol. The van der Waals surface area contributed by atoms with Gasteiger partial charge in [0, 0.05) is 20.2 Å². The average molecular weight is 477 g/mol. The summed E-state index contributed by atoms with van der Waals surface area (Å²) in [5.74, 6) is 0.788. The summed E-state index contributed by atoms with van der Waals surface area (Å²) in [6.45, 7) is 13.1. The van der Waals surface area contributed by atoms with Crippen molar-refractivity contribution in [2.75, 3.05) is 25.0 Å². The second-order valence-corrected chi connectivity index (χ2v) is 13.8. The number of ether oxygens (including phenoxy) is 1. The van der Waals surface area contributed by atoms with E-state index in [1.807, 2.05) is 27.0 Å². The third-order valence-electron chi connectivity index (χ3n) is 5.29. The smallest absolute Gasteiger partial charge is 0.407 e. The monoisotopic (exact) mass is 476 g/mol. The minimum absolute atomic E-state index is 0. The highest BCUT2D eigenvalue weighted by atomic mass is 35.5. The van der Waals surface area contributed by atoms with Gasteiger partial charge in [0.15, 0.2) is 5.89 Å². The van der Waals surface area contributed by atoms with Crippen LogP contribution >= 0.6 is 7.26 Å². The summed E-state index contributed by atoms with van der Waals surface area (Å²) in [4.78, 5) is 16.5. The summed E-state index contributed by atoms with van der Waals surface area (Å²) in [5.41, 5.74) is 0.673. The van der Waals surface area contributed by atoms with Crippen LogP contribution in [0.4, 0.5) is 4.79 Å². The Balaban J connectivity index is 0.00000900. The molecule has 0 saturated carbocycles. The third-order valence-corrected chi connectivity index (χ3v) is 10.1. The van der Waals surface area contributed by atoms with Crippen LogP contribution in [0.15, 0.2) is 10.7 Å². The van der Waals surface area contributed by atoms with Crippen LogP contribution < -0.4 is 17.7 Å². The first-order valence-electron chi connectivity index (χ1n) is 12.0. The van der Waals surface area contributed by atoms with Crippen LogP contribution in [0.3, 0.4) is 0 Å². The molecule has 0 bridgehead atoms. The van der Waals surface area contributed by atoms with Crippen LogP contribution in [-0.2, 0) is 17.3 Å². The molecule has 1 rings (SSSR count). The molecule has 5 nitrogen and oxygen atoms in total. The Kier molecular flexibility index (Phi) is 15.5. The predicted octanol–water partition coefficient (Wildman–Crippen LogP) is 4.05. The van der Waals surface area contributed by atoms with Crippen molar-refractivity contribution in [3.8, 4) is 0 Å². The molecule has 1 aromatic rings. The van der Waals surface area contributed by atoms with Crippen LogP contribution in [0.25, 0.3) is 0 Å². The summed E-state index contributed by atoms with van der Waals surface area (Å²) in [5, 5.41) is 2.80. The van der Waals surface area contributed by atoms with Crippen molar-refractivity contribution in [3.05, 3.63) is 17.8 Å². The molecule has 7 heteroatoms.